The van der Waals surface area contributed by atoms with Crippen LogP contribution in [0.4, 0.5) is 5.69 Å². The molecule has 0 unspecified atom stereocenters. The van der Waals surface area contributed by atoms with E-state index in [9.17, 15) is 4.79 Å². The van der Waals surface area contributed by atoms with Crippen LogP contribution < -0.4 is 10.7 Å². The Kier molecular flexibility index (Phi) is 4.28. The number of aryl methyl sites for hydroxylation is 2. The lowest BCUT2D eigenvalue weighted by molar-refractivity contribution is 1.28. The monoisotopic (exact) mass is 336 g/mol. The quantitative estimate of drug-likeness (QED) is 0.233. The van der Waals surface area contributed by atoms with Crippen LogP contribution in [0.2, 0.25) is 0 Å². The van der Waals surface area contributed by atoms with Gasteiger partial charge >= 0.3 is 0 Å². The summed E-state index contributed by atoms with van der Waals surface area (Å²) >= 11 is 1.33. The van der Waals surface area contributed by atoms with Crippen molar-refractivity contribution < 1.29 is 0 Å². The van der Waals surface area contributed by atoms with Crippen LogP contribution in [0.3, 0.4) is 0 Å². The first-order chi connectivity index (χ1) is 11.5. The van der Waals surface area contributed by atoms with Gasteiger partial charge in [-0.2, -0.15) is 5.26 Å². The maximum absolute atomic E-state index is 12.9. The molecule has 0 saturated carbocycles. The van der Waals surface area contributed by atoms with Gasteiger partial charge < -0.3 is 4.98 Å². The number of H-pyrrole nitrogens is 1. The average molecular weight is 336 g/mol. The molecule has 0 fully saturated rings. The molecule has 3 rings (SSSR count). The Balaban J connectivity index is 2.39. The lowest BCUT2D eigenvalue weighted by Gasteiger charge is -2.09. The van der Waals surface area contributed by atoms with Crippen LogP contribution in [0.25, 0.3) is 21.8 Å². The number of aromatic amines is 1. The highest BCUT2D eigenvalue weighted by Gasteiger charge is 2.11. The molecule has 24 heavy (non-hydrogen) atoms. The zero-order valence-electron chi connectivity index (χ0n) is 13.6. The van der Waals surface area contributed by atoms with Crippen molar-refractivity contribution in [2.75, 3.05) is 6.26 Å². The van der Waals surface area contributed by atoms with Crippen LogP contribution in [0, 0.1) is 25.3 Å². The molecule has 0 atom stereocenters. The van der Waals surface area contributed by atoms with Gasteiger partial charge in [0.15, 0.2) is 16.8 Å². The second kappa shape index (κ2) is 6.38. The van der Waals surface area contributed by atoms with Gasteiger partial charge in [0.05, 0.1) is 16.7 Å². The van der Waals surface area contributed by atoms with Crippen LogP contribution in [0.15, 0.2) is 40.1 Å². The Morgan fingerprint density at radius 1 is 1.33 bits per heavy atom. The van der Waals surface area contributed by atoms with Gasteiger partial charge in [0.2, 0.25) is 0 Å². The third-order valence-electron chi connectivity index (χ3n) is 3.83. The largest absolute Gasteiger partial charge is 0.353 e. The molecule has 2 aromatic carbocycles. The fourth-order valence-electron chi connectivity index (χ4n) is 2.87. The summed E-state index contributed by atoms with van der Waals surface area (Å²) in [7, 11) is 0. The van der Waals surface area contributed by atoms with Crippen molar-refractivity contribution in [3.05, 3.63) is 51.7 Å². The molecular formula is C18H16N4OS. The normalized spacial score (nSPS) is 11.7. The fraction of sp³-hybridized carbons (Fsp3) is 0.167. The van der Waals surface area contributed by atoms with E-state index < -0.39 is 0 Å². The van der Waals surface area contributed by atoms with Crippen molar-refractivity contribution >= 4 is 44.4 Å². The molecular weight excluding hydrogens is 320 g/mol. The molecule has 1 aromatic heterocycles. The van der Waals surface area contributed by atoms with Crippen LogP contribution >= 0.6 is 11.8 Å². The van der Waals surface area contributed by atoms with E-state index in [1.165, 1.54) is 11.8 Å². The highest BCUT2D eigenvalue weighted by Crippen LogP contribution is 2.26. The van der Waals surface area contributed by atoms with Crippen molar-refractivity contribution in [1.29, 1.82) is 5.26 Å². The number of thioether (sulfide) groups is 1. The SMILES string of the molecule is CSC(=Nc1cccc2c(=O)c3c(C)cc(C)cc3[nH]c12)NC#N. The number of pyridine rings is 1. The van der Waals surface area contributed by atoms with E-state index in [1.807, 2.05) is 44.5 Å². The number of hydrogen-bond acceptors (Lipinski definition) is 4. The van der Waals surface area contributed by atoms with Gasteiger partial charge in [-0.15, -0.1) is 0 Å². The number of aliphatic imine (C=N–C) groups is 1. The molecule has 0 amide bonds. The third kappa shape index (κ3) is 2.74. The van der Waals surface area contributed by atoms with E-state index in [0.717, 1.165) is 16.6 Å². The number of rotatable bonds is 1. The molecule has 6 heteroatoms. The molecule has 1 heterocycles. The number of para-hydroxylation sites is 1. The summed E-state index contributed by atoms with van der Waals surface area (Å²) in [4.78, 5) is 20.7. The Morgan fingerprint density at radius 3 is 2.83 bits per heavy atom. The number of nitriles is 1. The highest BCUT2D eigenvalue weighted by atomic mass is 32.2. The first-order valence-corrected chi connectivity index (χ1v) is 8.61. The Bertz CT molecular complexity index is 1080. The number of aromatic nitrogens is 1. The molecule has 0 saturated heterocycles. The topological polar surface area (TPSA) is 81.0 Å². The van der Waals surface area contributed by atoms with Crippen molar-refractivity contribution in [2.24, 2.45) is 4.99 Å². The predicted molar refractivity (Wildman–Crippen MR) is 101 cm³/mol. The minimum absolute atomic E-state index is 0.00718. The Labute approximate surface area is 143 Å². The Morgan fingerprint density at radius 2 is 2.12 bits per heavy atom. The summed E-state index contributed by atoms with van der Waals surface area (Å²) in [6, 6.07) is 9.39. The van der Waals surface area contributed by atoms with Gasteiger partial charge in [0, 0.05) is 10.8 Å². The van der Waals surface area contributed by atoms with E-state index in [-0.39, 0.29) is 5.43 Å². The number of benzene rings is 2. The summed E-state index contributed by atoms with van der Waals surface area (Å²) in [5, 5.41) is 13.1. The van der Waals surface area contributed by atoms with Crippen molar-refractivity contribution in [2.45, 2.75) is 13.8 Å². The summed E-state index contributed by atoms with van der Waals surface area (Å²) in [6.07, 6.45) is 3.70. The van der Waals surface area contributed by atoms with Crippen LogP contribution in [-0.4, -0.2) is 16.4 Å². The standard InChI is InChI=1S/C18H16N4OS/c1-10-7-11(2)15-14(8-10)21-16-12(17(15)23)5-4-6-13(16)22-18(24-3)20-9-19/h4-8H,1-3H3,(H,20,22)(H,21,23). The zero-order valence-corrected chi connectivity index (χ0v) is 14.4. The predicted octanol–water partition coefficient (Wildman–Crippen LogP) is 3.72. The number of nitrogens with one attached hydrogen (secondary N) is 2. The number of amidine groups is 1. The van der Waals surface area contributed by atoms with Gasteiger partial charge in [-0.25, -0.2) is 4.99 Å². The molecule has 0 aliphatic carbocycles. The van der Waals surface area contributed by atoms with Crippen molar-refractivity contribution in [3.63, 3.8) is 0 Å². The van der Waals surface area contributed by atoms with E-state index in [0.29, 0.717) is 27.1 Å². The maximum atomic E-state index is 12.9. The molecule has 3 aromatic rings. The number of hydrogen-bond donors (Lipinski definition) is 2. The van der Waals surface area contributed by atoms with E-state index in [2.05, 4.69) is 15.3 Å². The molecule has 2 N–H and O–H groups in total. The first-order valence-electron chi connectivity index (χ1n) is 7.39. The summed E-state index contributed by atoms with van der Waals surface area (Å²) < 4.78 is 0. The summed E-state index contributed by atoms with van der Waals surface area (Å²) in [5.41, 5.74) is 4.13. The lowest BCUT2D eigenvalue weighted by atomic mass is 10.0. The minimum atomic E-state index is -0.00718. The second-order valence-corrected chi connectivity index (χ2v) is 6.31. The van der Waals surface area contributed by atoms with E-state index in [1.54, 1.807) is 12.1 Å². The number of fused-ring (bicyclic) bond motifs is 2. The molecule has 0 aliphatic rings. The molecule has 0 aliphatic heterocycles. The van der Waals surface area contributed by atoms with E-state index in [4.69, 9.17) is 5.26 Å². The second-order valence-electron chi connectivity index (χ2n) is 5.52. The van der Waals surface area contributed by atoms with Crippen molar-refractivity contribution in [1.82, 2.24) is 10.3 Å². The smallest absolute Gasteiger partial charge is 0.197 e. The summed E-state index contributed by atoms with van der Waals surface area (Å²) in [5.74, 6) is 0. The van der Waals surface area contributed by atoms with Gasteiger partial charge in [-0.1, -0.05) is 23.9 Å². The molecule has 120 valence electrons. The van der Waals surface area contributed by atoms with Crippen LogP contribution in [0.1, 0.15) is 11.1 Å². The summed E-state index contributed by atoms with van der Waals surface area (Å²) in [6.45, 7) is 3.95. The van der Waals surface area contributed by atoms with Gasteiger partial charge in [0.1, 0.15) is 0 Å². The minimum Gasteiger partial charge on any atom is -0.353 e. The first kappa shape index (κ1) is 16.1. The van der Waals surface area contributed by atoms with Gasteiger partial charge in [-0.3, -0.25) is 10.1 Å². The Hall–Kier alpha value is -2.78. The average Bonchev–Trinajstić information content (AvgIpc) is 2.54. The third-order valence-corrected chi connectivity index (χ3v) is 4.41. The lowest BCUT2D eigenvalue weighted by Crippen LogP contribution is -2.12. The highest BCUT2D eigenvalue weighted by molar-refractivity contribution is 8.13. The van der Waals surface area contributed by atoms with E-state index >= 15 is 0 Å². The zero-order chi connectivity index (χ0) is 17.3. The molecule has 0 bridgehead atoms. The molecule has 0 radical (unpaired) electrons. The van der Waals surface area contributed by atoms with Crippen molar-refractivity contribution in [3.8, 4) is 6.19 Å². The molecule has 5 nitrogen and oxygen atoms in total. The fourth-order valence-corrected chi connectivity index (χ4v) is 3.21. The molecule has 0 spiro atoms. The van der Waals surface area contributed by atoms with Crippen LogP contribution in [0.5, 0.6) is 0 Å². The van der Waals surface area contributed by atoms with Crippen LogP contribution in [-0.2, 0) is 0 Å². The number of nitrogens with zero attached hydrogens (tertiary/aromatic N) is 2. The maximum Gasteiger partial charge on any atom is 0.197 e. The van der Waals surface area contributed by atoms with Gasteiger partial charge in [0.25, 0.3) is 0 Å². The van der Waals surface area contributed by atoms with Gasteiger partial charge in [-0.05, 0) is 49.4 Å².